The summed E-state index contributed by atoms with van der Waals surface area (Å²) >= 11 is 0. The summed E-state index contributed by atoms with van der Waals surface area (Å²) in [6.45, 7) is 2.06. The van der Waals surface area contributed by atoms with E-state index in [1.165, 1.54) is 11.1 Å². The van der Waals surface area contributed by atoms with Crippen LogP contribution in [-0.4, -0.2) is 0 Å². The normalized spacial score (nSPS) is 20.6. The fraction of sp³-hybridized carbons (Fsp3) is 0.235. The molecular weight excluding hydrogens is 232 g/mol. The first-order chi connectivity index (χ1) is 9.23. The number of rotatable bonds is 2. The van der Waals surface area contributed by atoms with Crippen molar-refractivity contribution in [3.63, 3.8) is 0 Å². The van der Waals surface area contributed by atoms with Crippen LogP contribution in [0.25, 0.3) is 0 Å². The first-order valence-electron chi connectivity index (χ1n) is 6.58. The standard InChI is InChI=1S/C17H16N2/c1-13-5-4-7-15(11-13)19-17(12-18)10-9-14-6-2-3-8-16(14)17/h2-8,11,19H,9-10H2,1H3. The second-order valence-electron chi connectivity index (χ2n) is 5.17. The van der Waals surface area contributed by atoms with Gasteiger partial charge in [-0.3, -0.25) is 0 Å². The molecular formula is C17H16N2. The molecule has 0 amide bonds. The lowest BCUT2D eigenvalue weighted by molar-refractivity contribution is 0.621. The molecule has 0 heterocycles. The second-order valence-corrected chi connectivity index (χ2v) is 5.17. The molecule has 1 aliphatic carbocycles. The lowest BCUT2D eigenvalue weighted by atomic mass is 9.93. The van der Waals surface area contributed by atoms with Gasteiger partial charge in [-0.25, -0.2) is 0 Å². The summed E-state index contributed by atoms with van der Waals surface area (Å²) in [5, 5.41) is 13.1. The first-order valence-corrected chi connectivity index (χ1v) is 6.58. The predicted octanol–water partition coefficient (Wildman–Crippen LogP) is 3.77. The summed E-state index contributed by atoms with van der Waals surface area (Å²) < 4.78 is 0. The Morgan fingerprint density at radius 3 is 2.79 bits per heavy atom. The Kier molecular flexibility index (Phi) is 2.76. The number of fused-ring (bicyclic) bond motifs is 1. The molecule has 0 bridgehead atoms. The van der Waals surface area contributed by atoms with Crippen LogP contribution in [0.2, 0.25) is 0 Å². The van der Waals surface area contributed by atoms with Crippen molar-refractivity contribution in [3.05, 3.63) is 65.2 Å². The molecule has 0 radical (unpaired) electrons. The third kappa shape index (κ3) is 1.98. The lowest BCUT2D eigenvalue weighted by Gasteiger charge is -2.25. The Morgan fingerprint density at radius 1 is 1.16 bits per heavy atom. The largest absolute Gasteiger partial charge is 0.364 e. The van der Waals surface area contributed by atoms with Gasteiger partial charge in [0.1, 0.15) is 0 Å². The third-order valence-corrected chi connectivity index (χ3v) is 3.81. The minimum atomic E-state index is -0.579. The number of nitriles is 1. The molecule has 0 saturated carbocycles. The van der Waals surface area contributed by atoms with Gasteiger partial charge < -0.3 is 5.32 Å². The zero-order valence-electron chi connectivity index (χ0n) is 11.0. The molecule has 0 aliphatic heterocycles. The van der Waals surface area contributed by atoms with Gasteiger partial charge in [-0.05, 0) is 48.6 Å². The van der Waals surface area contributed by atoms with Gasteiger partial charge in [-0.1, -0.05) is 36.4 Å². The molecule has 1 unspecified atom stereocenters. The van der Waals surface area contributed by atoms with Crippen LogP contribution in [0.4, 0.5) is 5.69 Å². The number of aryl methyl sites for hydroxylation is 2. The van der Waals surface area contributed by atoms with Gasteiger partial charge in [0.25, 0.3) is 0 Å². The molecule has 2 aromatic rings. The van der Waals surface area contributed by atoms with Gasteiger partial charge in [0.2, 0.25) is 0 Å². The molecule has 2 heteroatoms. The van der Waals surface area contributed by atoms with Gasteiger partial charge in [-0.2, -0.15) is 5.26 Å². The van der Waals surface area contributed by atoms with E-state index in [-0.39, 0.29) is 0 Å². The predicted molar refractivity (Wildman–Crippen MR) is 76.9 cm³/mol. The van der Waals surface area contributed by atoms with Crippen LogP contribution in [0.15, 0.2) is 48.5 Å². The average molecular weight is 248 g/mol. The highest BCUT2D eigenvalue weighted by atomic mass is 15.0. The Morgan fingerprint density at radius 2 is 2.00 bits per heavy atom. The van der Waals surface area contributed by atoms with Gasteiger partial charge in [0, 0.05) is 5.69 Å². The van der Waals surface area contributed by atoms with Crippen molar-refractivity contribution >= 4 is 5.69 Å². The van der Waals surface area contributed by atoms with E-state index in [0.717, 1.165) is 24.1 Å². The van der Waals surface area contributed by atoms with Gasteiger partial charge in [0.05, 0.1) is 6.07 Å². The summed E-state index contributed by atoms with van der Waals surface area (Å²) in [5.41, 5.74) is 4.04. The lowest BCUT2D eigenvalue weighted by Crippen LogP contribution is -2.31. The van der Waals surface area contributed by atoms with Crippen LogP contribution >= 0.6 is 0 Å². The Bertz CT molecular complexity index is 654. The first kappa shape index (κ1) is 11.8. The van der Waals surface area contributed by atoms with E-state index in [1.807, 2.05) is 24.3 Å². The van der Waals surface area contributed by atoms with Gasteiger partial charge >= 0.3 is 0 Å². The quantitative estimate of drug-likeness (QED) is 0.878. The van der Waals surface area contributed by atoms with Gasteiger partial charge in [0.15, 0.2) is 5.54 Å². The maximum absolute atomic E-state index is 9.68. The van der Waals surface area contributed by atoms with E-state index in [9.17, 15) is 5.26 Å². The minimum absolute atomic E-state index is 0.579. The van der Waals surface area contributed by atoms with Crippen molar-refractivity contribution in [1.29, 1.82) is 5.26 Å². The van der Waals surface area contributed by atoms with Crippen molar-refractivity contribution in [1.82, 2.24) is 0 Å². The number of anilines is 1. The number of nitrogens with one attached hydrogen (secondary N) is 1. The zero-order chi connectivity index (χ0) is 13.3. The van der Waals surface area contributed by atoms with E-state index < -0.39 is 5.54 Å². The number of hydrogen-bond acceptors (Lipinski definition) is 2. The van der Waals surface area contributed by atoms with Crippen molar-refractivity contribution < 1.29 is 0 Å². The molecule has 1 aliphatic rings. The Hall–Kier alpha value is -2.27. The maximum atomic E-state index is 9.68. The summed E-state index contributed by atoms with van der Waals surface area (Å²) in [6, 6.07) is 18.9. The molecule has 19 heavy (non-hydrogen) atoms. The van der Waals surface area contributed by atoms with Crippen molar-refractivity contribution in [2.45, 2.75) is 25.3 Å². The van der Waals surface area contributed by atoms with Gasteiger partial charge in [-0.15, -0.1) is 0 Å². The number of benzene rings is 2. The Balaban J connectivity index is 2.01. The molecule has 94 valence electrons. The molecule has 3 rings (SSSR count). The molecule has 2 aromatic carbocycles. The third-order valence-electron chi connectivity index (χ3n) is 3.81. The SMILES string of the molecule is Cc1cccc(NC2(C#N)CCc3ccccc32)c1. The summed E-state index contributed by atoms with van der Waals surface area (Å²) in [6.07, 6.45) is 1.79. The topological polar surface area (TPSA) is 35.8 Å². The van der Waals surface area contributed by atoms with Crippen LogP contribution in [0.5, 0.6) is 0 Å². The van der Waals surface area contributed by atoms with Crippen LogP contribution in [0, 0.1) is 18.3 Å². The average Bonchev–Trinajstić information content (AvgIpc) is 2.79. The van der Waals surface area contributed by atoms with Crippen molar-refractivity contribution in [2.24, 2.45) is 0 Å². The van der Waals surface area contributed by atoms with Crippen LogP contribution in [-0.2, 0) is 12.0 Å². The highest BCUT2D eigenvalue weighted by molar-refractivity contribution is 5.55. The van der Waals surface area contributed by atoms with E-state index in [0.29, 0.717) is 0 Å². The van der Waals surface area contributed by atoms with E-state index in [4.69, 9.17) is 0 Å². The molecule has 0 saturated heterocycles. The molecule has 0 fully saturated rings. The Labute approximate surface area is 113 Å². The van der Waals surface area contributed by atoms with Crippen LogP contribution < -0.4 is 5.32 Å². The molecule has 2 nitrogen and oxygen atoms in total. The zero-order valence-corrected chi connectivity index (χ0v) is 11.0. The maximum Gasteiger partial charge on any atom is 0.151 e. The summed E-state index contributed by atoms with van der Waals surface area (Å²) in [5.74, 6) is 0. The monoisotopic (exact) mass is 248 g/mol. The minimum Gasteiger partial charge on any atom is -0.364 e. The van der Waals surface area contributed by atoms with Crippen molar-refractivity contribution in [2.75, 3.05) is 5.32 Å². The number of nitrogens with zero attached hydrogens (tertiary/aromatic N) is 1. The summed E-state index contributed by atoms with van der Waals surface area (Å²) in [4.78, 5) is 0. The fourth-order valence-electron chi connectivity index (χ4n) is 2.85. The fourth-order valence-corrected chi connectivity index (χ4v) is 2.85. The number of hydrogen-bond donors (Lipinski definition) is 1. The summed E-state index contributed by atoms with van der Waals surface area (Å²) in [7, 11) is 0. The van der Waals surface area contributed by atoms with Crippen LogP contribution in [0.1, 0.15) is 23.1 Å². The highest BCUT2D eigenvalue weighted by Crippen LogP contribution is 2.39. The molecule has 1 atom stereocenters. The smallest absolute Gasteiger partial charge is 0.151 e. The van der Waals surface area contributed by atoms with E-state index in [2.05, 4.69) is 42.6 Å². The van der Waals surface area contributed by atoms with Crippen molar-refractivity contribution in [3.8, 4) is 6.07 Å². The van der Waals surface area contributed by atoms with E-state index >= 15 is 0 Å². The highest BCUT2D eigenvalue weighted by Gasteiger charge is 2.38. The molecule has 0 aromatic heterocycles. The van der Waals surface area contributed by atoms with Crippen LogP contribution in [0.3, 0.4) is 0 Å². The molecule has 1 N–H and O–H groups in total. The second kappa shape index (κ2) is 4.44. The molecule has 0 spiro atoms. The van der Waals surface area contributed by atoms with E-state index in [1.54, 1.807) is 0 Å².